The number of aliphatic hydroxyl groups excluding tert-OH is 1. The summed E-state index contributed by atoms with van der Waals surface area (Å²) in [7, 11) is 0. The van der Waals surface area contributed by atoms with E-state index in [1.54, 1.807) is 6.92 Å². The lowest BCUT2D eigenvalue weighted by atomic mass is 10.0. The van der Waals surface area contributed by atoms with E-state index in [9.17, 15) is 9.59 Å². The number of unbranched alkanes of at least 4 members (excludes halogenated alkanes) is 2. The maximum Gasteiger partial charge on any atom is 0.335 e. The Morgan fingerprint density at radius 2 is 1.44 bits per heavy atom. The zero-order chi connectivity index (χ0) is 26.3. The molecule has 0 fully saturated rings. The fraction of sp³-hybridized carbons (Fsp3) is 0.400. The van der Waals surface area contributed by atoms with Gasteiger partial charge in [-0.15, -0.1) is 0 Å². The first kappa shape index (κ1) is 28.9. The number of carbonyl (C=O) groups is 2. The van der Waals surface area contributed by atoms with Gasteiger partial charge in [-0.1, -0.05) is 69.3 Å². The average molecular weight is 495 g/mol. The summed E-state index contributed by atoms with van der Waals surface area (Å²) in [6.07, 6.45) is 5.32. The number of hydrogen-bond donors (Lipinski definition) is 1. The Labute approximate surface area is 214 Å². The summed E-state index contributed by atoms with van der Waals surface area (Å²) in [4.78, 5) is 23.7. The van der Waals surface area contributed by atoms with Gasteiger partial charge in [0.2, 0.25) is 0 Å². The highest BCUT2D eigenvalue weighted by Gasteiger charge is 2.17. The lowest BCUT2D eigenvalue weighted by Gasteiger charge is -2.18. The fourth-order valence-corrected chi connectivity index (χ4v) is 3.45. The molecule has 0 aliphatic heterocycles. The van der Waals surface area contributed by atoms with Crippen molar-refractivity contribution in [1.82, 2.24) is 0 Å². The van der Waals surface area contributed by atoms with Crippen LogP contribution in [0.1, 0.15) is 49.8 Å². The molecular weight excluding hydrogens is 456 g/mol. The molecule has 6 heteroatoms. The molecule has 0 saturated carbocycles. The van der Waals surface area contributed by atoms with E-state index in [4.69, 9.17) is 19.3 Å². The maximum absolute atomic E-state index is 11.9. The van der Waals surface area contributed by atoms with Crippen molar-refractivity contribution in [2.75, 3.05) is 19.8 Å². The van der Waals surface area contributed by atoms with Gasteiger partial charge in [0, 0.05) is 11.5 Å². The number of esters is 2. The van der Waals surface area contributed by atoms with Crippen LogP contribution in [0.3, 0.4) is 0 Å². The zero-order valence-electron chi connectivity index (χ0n) is 21.5. The maximum atomic E-state index is 11.9. The third kappa shape index (κ3) is 10.5. The van der Waals surface area contributed by atoms with Crippen LogP contribution < -0.4 is 4.74 Å². The van der Waals surface area contributed by atoms with Crippen LogP contribution in [-0.4, -0.2) is 36.9 Å². The molecule has 1 N–H and O–H groups in total. The first-order valence-electron chi connectivity index (χ1n) is 12.4. The van der Waals surface area contributed by atoms with Crippen LogP contribution in [0, 0.1) is 5.92 Å². The summed E-state index contributed by atoms with van der Waals surface area (Å²) in [6, 6.07) is 16.2. The lowest BCUT2D eigenvalue weighted by molar-refractivity contribution is -0.144. The van der Waals surface area contributed by atoms with Crippen molar-refractivity contribution in [2.24, 2.45) is 5.92 Å². The molecule has 0 radical (unpaired) electrons. The smallest absolute Gasteiger partial charge is 0.335 e. The van der Waals surface area contributed by atoms with E-state index in [-0.39, 0.29) is 24.7 Å². The molecular formula is C30H38O6. The Balaban J connectivity index is 1.91. The van der Waals surface area contributed by atoms with Gasteiger partial charge in [-0.2, -0.15) is 0 Å². The van der Waals surface area contributed by atoms with Gasteiger partial charge in [-0.3, -0.25) is 0 Å². The van der Waals surface area contributed by atoms with E-state index in [1.165, 1.54) is 24.8 Å². The van der Waals surface area contributed by atoms with Gasteiger partial charge in [0.25, 0.3) is 0 Å². The summed E-state index contributed by atoms with van der Waals surface area (Å²) in [5, 5.41) is 9.05. The van der Waals surface area contributed by atoms with Crippen LogP contribution in [0.5, 0.6) is 5.75 Å². The quantitative estimate of drug-likeness (QED) is 0.192. The minimum absolute atomic E-state index is 0.0218. The Morgan fingerprint density at radius 3 is 2.03 bits per heavy atom. The highest BCUT2D eigenvalue weighted by molar-refractivity contribution is 5.88. The van der Waals surface area contributed by atoms with Crippen molar-refractivity contribution >= 4 is 11.9 Å². The Hall–Kier alpha value is -3.38. The van der Waals surface area contributed by atoms with Crippen molar-refractivity contribution in [3.8, 4) is 5.75 Å². The van der Waals surface area contributed by atoms with Crippen molar-refractivity contribution in [3.05, 3.63) is 89.5 Å². The summed E-state index contributed by atoms with van der Waals surface area (Å²) in [5.74, 6) is -0.691. The molecule has 0 aliphatic carbocycles. The number of ether oxygens (including phenoxy) is 3. The van der Waals surface area contributed by atoms with Gasteiger partial charge >= 0.3 is 11.9 Å². The molecule has 0 bridgehead atoms. The number of benzene rings is 2. The summed E-state index contributed by atoms with van der Waals surface area (Å²) >= 11 is 0. The molecule has 0 saturated heterocycles. The van der Waals surface area contributed by atoms with Gasteiger partial charge in [-0.25, -0.2) is 9.59 Å². The second-order valence-electron chi connectivity index (χ2n) is 9.02. The van der Waals surface area contributed by atoms with Gasteiger partial charge in [-0.05, 0) is 55.0 Å². The van der Waals surface area contributed by atoms with E-state index < -0.39 is 18.5 Å². The van der Waals surface area contributed by atoms with Crippen LogP contribution in [-0.2, 0) is 38.5 Å². The summed E-state index contributed by atoms with van der Waals surface area (Å²) < 4.78 is 16.4. The number of aliphatic hydroxyl groups is 1. The Bertz CT molecular complexity index is 991. The van der Waals surface area contributed by atoms with Crippen molar-refractivity contribution in [2.45, 2.75) is 52.6 Å². The number of aryl methyl sites for hydroxylation is 1. The van der Waals surface area contributed by atoms with Crippen molar-refractivity contribution < 1.29 is 28.9 Å². The molecule has 194 valence electrons. The van der Waals surface area contributed by atoms with Crippen LogP contribution in [0.2, 0.25) is 0 Å². The van der Waals surface area contributed by atoms with Crippen molar-refractivity contribution in [1.29, 1.82) is 0 Å². The van der Waals surface area contributed by atoms with Crippen LogP contribution >= 0.6 is 0 Å². The van der Waals surface area contributed by atoms with Gasteiger partial charge < -0.3 is 19.3 Å². The molecule has 1 atom stereocenters. The molecule has 36 heavy (non-hydrogen) atoms. The van der Waals surface area contributed by atoms with Crippen molar-refractivity contribution in [3.63, 3.8) is 0 Å². The summed E-state index contributed by atoms with van der Waals surface area (Å²) in [5.41, 5.74) is 3.72. The molecule has 1 unspecified atom stereocenters. The second kappa shape index (κ2) is 15.6. The van der Waals surface area contributed by atoms with E-state index in [0.717, 1.165) is 23.3 Å². The largest absolute Gasteiger partial charge is 0.489 e. The SMILES string of the molecule is C=C(C)C(=O)OCC(COC(=O)C(=C)CO)Cc1ccc(OCc2ccc(CCCCC)cc2)cc1. The number of hydrogen-bond acceptors (Lipinski definition) is 6. The van der Waals surface area contributed by atoms with Crippen LogP contribution in [0.15, 0.2) is 72.8 Å². The third-order valence-corrected chi connectivity index (χ3v) is 5.67. The molecule has 6 nitrogen and oxygen atoms in total. The Kier molecular flexibility index (Phi) is 12.5. The zero-order valence-corrected chi connectivity index (χ0v) is 21.5. The molecule has 0 spiro atoms. The fourth-order valence-electron chi connectivity index (χ4n) is 3.45. The van der Waals surface area contributed by atoms with E-state index in [1.807, 2.05) is 24.3 Å². The topological polar surface area (TPSA) is 82.1 Å². The van der Waals surface area contributed by atoms with E-state index >= 15 is 0 Å². The average Bonchev–Trinajstić information content (AvgIpc) is 2.89. The highest BCUT2D eigenvalue weighted by atomic mass is 16.5. The summed E-state index contributed by atoms with van der Waals surface area (Å²) in [6.45, 7) is 10.9. The minimum atomic E-state index is -0.675. The lowest BCUT2D eigenvalue weighted by Crippen LogP contribution is -2.24. The number of carbonyl (C=O) groups excluding carboxylic acids is 2. The number of rotatable bonds is 16. The molecule has 0 aromatic heterocycles. The first-order chi connectivity index (χ1) is 17.3. The van der Waals surface area contributed by atoms with E-state index in [0.29, 0.717) is 18.6 Å². The minimum Gasteiger partial charge on any atom is -0.489 e. The highest BCUT2D eigenvalue weighted by Crippen LogP contribution is 2.18. The van der Waals surface area contributed by atoms with Gasteiger partial charge in [0.05, 0.1) is 25.4 Å². The standard InChI is InChI=1S/C30H38O6/c1-5-6-7-8-24-9-11-26(12-10-24)19-34-28-15-13-25(14-16-28)17-27(20-35-29(32)22(2)3)21-36-30(33)23(4)18-31/h9-16,27,31H,2,4-8,17-21H2,1,3H3. The molecule has 2 aromatic carbocycles. The Morgan fingerprint density at radius 1 is 0.861 bits per heavy atom. The predicted molar refractivity (Wildman–Crippen MR) is 141 cm³/mol. The molecule has 2 aromatic rings. The van der Waals surface area contributed by atoms with Gasteiger partial charge in [0.1, 0.15) is 12.4 Å². The molecule has 0 heterocycles. The van der Waals surface area contributed by atoms with Gasteiger partial charge in [0.15, 0.2) is 0 Å². The normalized spacial score (nSPS) is 11.4. The van der Waals surface area contributed by atoms with E-state index in [2.05, 4.69) is 44.3 Å². The monoisotopic (exact) mass is 494 g/mol. The molecule has 0 aliphatic rings. The first-order valence-corrected chi connectivity index (χ1v) is 12.4. The molecule has 2 rings (SSSR count). The second-order valence-corrected chi connectivity index (χ2v) is 9.02. The van der Waals surface area contributed by atoms with Crippen LogP contribution in [0.25, 0.3) is 0 Å². The van der Waals surface area contributed by atoms with Crippen LogP contribution in [0.4, 0.5) is 0 Å². The third-order valence-electron chi connectivity index (χ3n) is 5.67. The predicted octanol–water partition coefficient (Wildman–Crippen LogP) is 5.37. The molecule has 0 amide bonds.